The quantitative estimate of drug-likeness (QED) is 0.542. The topological polar surface area (TPSA) is 17.8 Å². The molecule has 0 saturated heterocycles. The zero-order valence-electron chi connectivity index (χ0n) is 8.89. The summed E-state index contributed by atoms with van der Waals surface area (Å²) in [5.74, 6) is 6.74. The summed E-state index contributed by atoms with van der Waals surface area (Å²) in [4.78, 5) is 0. The Morgan fingerprint density at radius 3 is 2.64 bits per heavy atom. The first-order valence-corrected chi connectivity index (χ1v) is 5.33. The van der Waals surface area contributed by atoms with Crippen molar-refractivity contribution in [2.24, 2.45) is 0 Å². The van der Waals surface area contributed by atoms with Crippen molar-refractivity contribution < 1.29 is 0 Å². The predicted octanol–water partition coefficient (Wildman–Crippen LogP) is 2.50. The van der Waals surface area contributed by atoms with Gasteiger partial charge in [0.15, 0.2) is 0 Å². The van der Waals surface area contributed by atoms with Crippen molar-refractivity contribution >= 4 is 11.6 Å². The van der Waals surface area contributed by atoms with Gasteiger partial charge in [-0.25, -0.2) is 0 Å². The van der Waals surface area contributed by atoms with Gasteiger partial charge < -0.3 is 0 Å². The summed E-state index contributed by atoms with van der Waals surface area (Å²) in [6.45, 7) is 7.01. The molecule has 14 heavy (non-hydrogen) atoms. The van der Waals surface area contributed by atoms with Crippen molar-refractivity contribution in [1.82, 2.24) is 9.78 Å². The van der Waals surface area contributed by atoms with E-state index in [4.69, 9.17) is 11.6 Å². The van der Waals surface area contributed by atoms with Gasteiger partial charge in [0.25, 0.3) is 0 Å². The van der Waals surface area contributed by atoms with Crippen LogP contribution in [0, 0.1) is 25.7 Å². The Kier molecular flexibility index (Phi) is 4.03. The summed E-state index contributed by atoms with van der Waals surface area (Å²) >= 11 is 5.56. The van der Waals surface area contributed by atoms with E-state index in [0.29, 0.717) is 5.88 Å². The highest BCUT2D eigenvalue weighted by Gasteiger charge is 2.06. The molecule has 0 aliphatic rings. The lowest BCUT2D eigenvalue weighted by Gasteiger charge is -1.96. The van der Waals surface area contributed by atoms with Gasteiger partial charge in [-0.3, -0.25) is 4.68 Å². The molecule has 1 rings (SSSR count). The second-order valence-corrected chi connectivity index (χ2v) is 3.48. The summed E-state index contributed by atoms with van der Waals surface area (Å²) in [5.41, 5.74) is 3.20. The number of hydrogen-bond donors (Lipinski definition) is 0. The Labute approximate surface area is 90.3 Å². The van der Waals surface area contributed by atoms with Crippen LogP contribution in [0.1, 0.15) is 30.3 Å². The highest BCUT2D eigenvalue weighted by molar-refractivity contribution is 6.18. The lowest BCUT2D eigenvalue weighted by Crippen LogP contribution is -1.98. The first-order chi connectivity index (χ1) is 6.70. The molecule has 0 bridgehead atoms. The normalized spacial score (nSPS) is 9.71. The predicted molar refractivity (Wildman–Crippen MR) is 59.6 cm³/mol. The molecule has 0 aromatic carbocycles. The molecule has 0 amide bonds. The summed E-state index contributed by atoms with van der Waals surface area (Å²) in [7, 11) is 0. The molecule has 0 unspecified atom stereocenters. The minimum atomic E-state index is 0.590. The molecular formula is C11H15ClN2. The second kappa shape index (κ2) is 5.07. The highest BCUT2D eigenvalue weighted by Crippen LogP contribution is 2.11. The first-order valence-electron chi connectivity index (χ1n) is 4.79. The number of alkyl halides is 1. The Bertz CT molecular complexity index is 369. The number of rotatable bonds is 2. The second-order valence-electron chi connectivity index (χ2n) is 3.10. The number of nitrogens with zero attached hydrogens (tertiary/aromatic N) is 2. The van der Waals surface area contributed by atoms with Crippen molar-refractivity contribution in [2.45, 2.75) is 33.7 Å². The Balaban J connectivity index is 2.98. The molecule has 0 N–H and O–H groups in total. The fourth-order valence-corrected chi connectivity index (χ4v) is 1.48. The van der Waals surface area contributed by atoms with Crippen molar-refractivity contribution in [3.63, 3.8) is 0 Å². The van der Waals surface area contributed by atoms with Crippen LogP contribution in [0.25, 0.3) is 0 Å². The van der Waals surface area contributed by atoms with Crippen LogP contribution >= 0.6 is 11.6 Å². The van der Waals surface area contributed by atoms with Crippen molar-refractivity contribution in [1.29, 1.82) is 0 Å². The van der Waals surface area contributed by atoms with E-state index in [1.807, 2.05) is 18.5 Å². The average molecular weight is 211 g/mol. The largest absolute Gasteiger partial charge is 0.269 e. The number of aryl methyl sites for hydroxylation is 2. The zero-order chi connectivity index (χ0) is 10.6. The molecule has 1 heterocycles. The van der Waals surface area contributed by atoms with E-state index in [1.165, 1.54) is 0 Å². The molecule has 0 radical (unpaired) electrons. The molecule has 2 nitrogen and oxygen atoms in total. The Morgan fingerprint density at radius 1 is 1.43 bits per heavy atom. The molecule has 1 aromatic rings. The smallest absolute Gasteiger partial charge is 0.0753 e. The van der Waals surface area contributed by atoms with Gasteiger partial charge in [-0.05, 0) is 20.8 Å². The van der Waals surface area contributed by atoms with Gasteiger partial charge in [-0.15, -0.1) is 11.6 Å². The monoisotopic (exact) mass is 210 g/mol. The van der Waals surface area contributed by atoms with Crippen molar-refractivity contribution in [2.75, 3.05) is 5.88 Å². The van der Waals surface area contributed by atoms with Gasteiger partial charge in [0.1, 0.15) is 0 Å². The minimum Gasteiger partial charge on any atom is -0.269 e. The van der Waals surface area contributed by atoms with Crippen LogP contribution in [-0.4, -0.2) is 15.7 Å². The van der Waals surface area contributed by atoms with Crippen LogP contribution in [0.15, 0.2) is 0 Å². The third-order valence-corrected chi connectivity index (χ3v) is 2.30. The molecule has 1 aromatic heterocycles. The fraction of sp³-hybridized carbons (Fsp3) is 0.545. The maximum absolute atomic E-state index is 5.56. The van der Waals surface area contributed by atoms with Crippen LogP contribution in [-0.2, 0) is 6.54 Å². The molecule has 0 saturated carbocycles. The fourth-order valence-electron chi connectivity index (χ4n) is 1.38. The maximum atomic E-state index is 5.56. The molecule has 0 aliphatic carbocycles. The first kappa shape index (κ1) is 11.1. The van der Waals surface area contributed by atoms with Gasteiger partial charge in [0.05, 0.1) is 17.0 Å². The SMILES string of the molecule is CCn1nc(C)c(C#CCCCl)c1C. The van der Waals surface area contributed by atoms with Crippen molar-refractivity contribution in [3.8, 4) is 11.8 Å². The summed E-state index contributed by atoms with van der Waals surface area (Å²) in [6.07, 6.45) is 0.734. The maximum Gasteiger partial charge on any atom is 0.0753 e. The minimum absolute atomic E-state index is 0.590. The third kappa shape index (κ3) is 2.30. The van der Waals surface area contributed by atoms with Crippen molar-refractivity contribution in [3.05, 3.63) is 17.0 Å². The van der Waals surface area contributed by atoms with Gasteiger partial charge in [0.2, 0.25) is 0 Å². The lowest BCUT2D eigenvalue weighted by molar-refractivity contribution is 0.634. The molecule has 0 spiro atoms. The standard InChI is InChI=1S/C11H15ClN2/c1-4-14-10(3)11(9(2)13-14)7-5-6-8-12/h4,6,8H2,1-3H3. The highest BCUT2D eigenvalue weighted by atomic mass is 35.5. The van der Waals surface area contributed by atoms with Crippen LogP contribution in [0.2, 0.25) is 0 Å². The van der Waals surface area contributed by atoms with E-state index in [0.717, 1.165) is 29.9 Å². The van der Waals surface area contributed by atoms with E-state index in [2.05, 4.69) is 23.9 Å². The number of halogens is 1. The molecule has 76 valence electrons. The average Bonchev–Trinajstić information content (AvgIpc) is 2.45. The van der Waals surface area contributed by atoms with E-state index < -0.39 is 0 Å². The third-order valence-electron chi connectivity index (χ3n) is 2.11. The van der Waals surface area contributed by atoms with E-state index in [-0.39, 0.29) is 0 Å². The summed E-state index contributed by atoms with van der Waals surface area (Å²) in [5, 5.41) is 4.39. The molecule has 0 aliphatic heterocycles. The molecule has 0 atom stereocenters. The van der Waals surface area contributed by atoms with E-state index in [9.17, 15) is 0 Å². The molecule has 3 heteroatoms. The van der Waals surface area contributed by atoms with Crippen LogP contribution in [0.3, 0.4) is 0 Å². The lowest BCUT2D eigenvalue weighted by atomic mass is 10.2. The zero-order valence-corrected chi connectivity index (χ0v) is 9.65. The number of hydrogen-bond acceptors (Lipinski definition) is 1. The van der Waals surface area contributed by atoms with E-state index in [1.54, 1.807) is 0 Å². The van der Waals surface area contributed by atoms with Crippen LogP contribution in [0.4, 0.5) is 0 Å². The summed E-state index contributed by atoms with van der Waals surface area (Å²) < 4.78 is 1.97. The van der Waals surface area contributed by atoms with E-state index >= 15 is 0 Å². The molecular weight excluding hydrogens is 196 g/mol. The van der Waals surface area contributed by atoms with Gasteiger partial charge in [0, 0.05) is 18.8 Å². The Hall–Kier alpha value is -0.940. The van der Waals surface area contributed by atoms with Gasteiger partial charge in [-0.1, -0.05) is 11.8 Å². The van der Waals surface area contributed by atoms with Crippen LogP contribution in [0.5, 0.6) is 0 Å². The number of aromatic nitrogens is 2. The molecule has 0 fully saturated rings. The van der Waals surface area contributed by atoms with Gasteiger partial charge >= 0.3 is 0 Å². The Morgan fingerprint density at radius 2 is 2.14 bits per heavy atom. The van der Waals surface area contributed by atoms with Gasteiger partial charge in [-0.2, -0.15) is 5.10 Å². The summed E-state index contributed by atoms with van der Waals surface area (Å²) in [6, 6.07) is 0. The van der Waals surface area contributed by atoms with Crippen LogP contribution < -0.4 is 0 Å².